The topological polar surface area (TPSA) is 56.1 Å². The van der Waals surface area contributed by atoms with Gasteiger partial charge in [0.15, 0.2) is 0 Å². The molecule has 1 unspecified atom stereocenters. The van der Waals surface area contributed by atoms with Gasteiger partial charge in [-0.25, -0.2) is 9.18 Å². The van der Waals surface area contributed by atoms with Crippen LogP contribution in [0.1, 0.15) is 11.6 Å². The average molecular weight is 254 g/mol. The van der Waals surface area contributed by atoms with E-state index in [1.807, 2.05) is 6.07 Å². The second-order valence-electron chi connectivity index (χ2n) is 3.71. The fraction of sp³-hybridized carbons (Fsp3) is 0.273. The first-order valence-electron chi connectivity index (χ1n) is 4.99. The summed E-state index contributed by atoms with van der Waals surface area (Å²) >= 11 is 5.67. The van der Waals surface area contributed by atoms with Gasteiger partial charge in [-0.1, -0.05) is 17.7 Å². The van der Waals surface area contributed by atoms with Crippen molar-refractivity contribution in [3.63, 3.8) is 0 Å². The number of carbonyl (C=O) groups excluding carboxylic acids is 1. The molecule has 1 saturated heterocycles. The number of nitrogens with one attached hydrogen (secondary N) is 1. The summed E-state index contributed by atoms with van der Waals surface area (Å²) in [7, 11) is 0. The summed E-state index contributed by atoms with van der Waals surface area (Å²) < 4.78 is 13.0. The molecule has 17 heavy (non-hydrogen) atoms. The van der Waals surface area contributed by atoms with E-state index in [1.165, 1.54) is 17.0 Å². The maximum Gasteiger partial charge on any atom is 0.318 e. The van der Waals surface area contributed by atoms with Gasteiger partial charge in [-0.05, 0) is 17.7 Å². The summed E-state index contributed by atoms with van der Waals surface area (Å²) in [6, 6.07) is 5.68. The maximum atomic E-state index is 13.0. The predicted molar refractivity (Wildman–Crippen MR) is 59.9 cm³/mol. The minimum Gasteiger partial charge on any atom is -0.329 e. The summed E-state index contributed by atoms with van der Waals surface area (Å²) in [5, 5.41) is 11.3. The number of amides is 2. The summed E-state index contributed by atoms with van der Waals surface area (Å²) in [5.41, 5.74) is 0.727. The van der Waals surface area contributed by atoms with Crippen molar-refractivity contribution in [2.75, 3.05) is 13.1 Å². The Morgan fingerprint density at radius 3 is 3.06 bits per heavy atom. The number of halogens is 2. The van der Waals surface area contributed by atoms with Crippen LogP contribution >= 0.6 is 11.6 Å². The minimum atomic E-state index is -0.492. The van der Waals surface area contributed by atoms with Gasteiger partial charge >= 0.3 is 6.03 Å². The lowest BCUT2D eigenvalue weighted by molar-refractivity contribution is 0.222. The summed E-state index contributed by atoms with van der Waals surface area (Å²) in [6.07, 6.45) is 0. The van der Waals surface area contributed by atoms with Crippen molar-refractivity contribution in [1.29, 1.82) is 5.26 Å². The highest BCUT2D eigenvalue weighted by molar-refractivity contribution is 6.30. The molecule has 0 spiro atoms. The maximum absolute atomic E-state index is 13.0. The van der Waals surface area contributed by atoms with Gasteiger partial charge in [-0.2, -0.15) is 5.26 Å². The molecule has 1 aromatic carbocycles. The molecule has 1 fully saturated rings. The van der Waals surface area contributed by atoms with Crippen LogP contribution in [0.3, 0.4) is 0 Å². The van der Waals surface area contributed by atoms with Crippen molar-refractivity contribution in [3.05, 3.63) is 34.6 Å². The van der Waals surface area contributed by atoms with E-state index in [-0.39, 0.29) is 23.6 Å². The van der Waals surface area contributed by atoms with E-state index in [1.54, 1.807) is 6.07 Å². The Bertz CT molecular complexity index is 500. The zero-order chi connectivity index (χ0) is 12.4. The first kappa shape index (κ1) is 11.7. The molecule has 0 saturated carbocycles. The van der Waals surface area contributed by atoms with E-state index in [2.05, 4.69) is 5.32 Å². The quantitative estimate of drug-likeness (QED) is 0.821. The molecule has 1 aliphatic rings. The smallest absolute Gasteiger partial charge is 0.318 e. The van der Waals surface area contributed by atoms with Gasteiger partial charge in [0.2, 0.25) is 0 Å². The lowest BCUT2D eigenvalue weighted by Gasteiger charge is -2.11. The molecule has 1 aromatic rings. The molecule has 0 aliphatic carbocycles. The van der Waals surface area contributed by atoms with E-state index in [0.717, 1.165) is 5.56 Å². The number of hydrogen-bond donors (Lipinski definition) is 1. The first-order valence-corrected chi connectivity index (χ1v) is 5.37. The van der Waals surface area contributed by atoms with Gasteiger partial charge in [-0.3, -0.25) is 0 Å². The molecule has 1 aliphatic heterocycles. The number of carbonyl (C=O) groups is 1. The van der Waals surface area contributed by atoms with Gasteiger partial charge in [0.25, 0.3) is 0 Å². The molecule has 1 heterocycles. The van der Waals surface area contributed by atoms with E-state index < -0.39 is 5.82 Å². The lowest BCUT2D eigenvalue weighted by Crippen LogP contribution is -2.28. The number of nitriles is 1. The molecular weight excluding hydrogens is 245 g/mol. The highest BCUT2D eigenvalue weighted by Crippen LogP contribution is 2.24. The SMILES string of the molecule is N#CCN1CC(c2ccc(F)c(Cl)c2)NC1=O. The summed E-state index contributed by atoms with van der Waals surface area (Å²) in [4.78, 5) is 12.8. The van der Waals surface area contributed by atoms with E-state index in [4.69, 9.17) is 16.9 Å². The predicted octanol–water partition coefficient (Wildman–Crippen LogP) is 2.07. The van der Waals surface area contributed by atoms with Crippen LogP contribution < -0.4 is 5.32 Å². The van der Waals surface area contributed by atoms with E-state index >= 15 is 0 Å². The second kappa shape index (κ2) is 4.60. The van der Waals surface area contributed by atoms with Crippen LogP contribution in [0, 0.1) is 17.1 Å². The molecular formula is C11H9ClFN3O. The number of rotatable bonds is 2. The van der Waals surface area contributed by atoms with Crippen molar-refractivity contribution in [2.24, 2.45) is 0 Å². The van der Waals surface area contributed by atoms with Crippen LogP contribution in [0.25, 0.3) is 0 Å². The normalized spacial score (nSPS) is 19.0. The fourth-order valence-electron chi connectivity index (χ4n) is 1.73. The Morgan fingerprint density at radius 2 is 2.41 bits per heavy atom. The van der Waals surface area contributed by atoms with Crippen LogP contribution in [0.2, 0.25) is 5.02 Å². The van der Waals surface area contributed by atoms with Crippen LogP contribution in [0.4, 0.5) is 9.18 Å². The third-order valence-corrected chi connectivity index (χ3v) is 2.89. The Labute approximate surface area is 103 Å². The molecule has 1 N–H and O–H groups in total. The molecule has 6 heteroatoms. The molecule has 2 rings (SSSR count). The Hall–Kier alpha value is -1.80. The zero-order valence-corrected chi connectivity index (χ0v) is 9.54. The third kappa shape index (κ3) is 2.32. The minimum absolute atomic E-state index is 0.0236. The molecule has 4 nitrogen and oxygen atoms in total. The molecule has 0 radical (unpaired) electrons. The number of hydrogen-bond acceptors (Lipinski definition) is 2. The zero-order valence-electron chi connectivity index (χ0n) is 8.78. The van der Waals surface area contributed by atoms with Gasteiger partial charge < -0.3 is 10.2 Å². The van der Waals surface area contributed by atoms with Crippen LogP contribution in [0.5, 0.6) is 0 Å². The molecule has 2 amide bonds. The van der Waals surface area contributed by atoms with Crippen LogP contribution in [-0.2, 0) is 0 Å². The monoisotopic (exact) mass is 253 g/mol. The Morgan fingerprint density at radius 1 is 1.65 bits per heavy atom. The van der Waals surface area contributed by atoms with E-state index in [0.29, 0.717) is 6.54 Å². The lowest BCUT2D eigenvalue weighted by atomic mass is 10.1. The first-order chi connectivity index (χ1) is 8.11. The van der Waals surface area contributed by atoms with Crippen molar-refractivity contribution in [3.8, 4) is 6.07 Å². The van der Waals surface area contributed by atoms with Crippen molar-refractivity contribution < 1.29 is 9.18 Å². The van der Waals surface area contributed by atoms with E-state index in [9.17, 15) is 9.18 Å². The Kier molecular flexibility index (Phi) is 3.16. The average Bonchev–Trinajstić information content (AvgIpc) is 2.65. The highest BCUT2D eigenvalue weighted by atomic mass is 35.5. The van der Waals surface area contributed by atoms with Crippen molar-refractivity contribution in [2.45, 2.75) is 6.04 Å². The molecule has 1 atom stereocenters. The largest absolute Gasteiger partial charge is 0.329 e. The number of benzene rings is 1. The van der Waals surface area contributed by atoms with Crippen molar-refractivity contribution in [1.82, 2.24) is 10.2 Å². The van der Waals surface area contributed by atoms with Gasteiger partial charge in [0, 0.05) is 6.54 Å². The van der Waals surface area contributed by atoms with Crippen LogP contribution in [0.15, 0.2) is 18.2 Å². The second-order valence-corrected chi connectivity index (χ2v) is 4.12. The van der Waals surface area contributed by atoms with Gasteiger partial charge in [-0.15, -0.1) is 0 Å². The highest BCUT2D eigenvalue weighted by Gasteiger charge is 2.29. The number of urea groups is 1. The summed E-state index contributed by atoms with van der Waals surface area (Å²) in [6.45, 7) is 0.422. The summed E-state index contributed by atoms with van der Waals surface area (Å²) in [5.74, 6) is -0.492. The molecule has 0 bridgehead atoms. The standard InChI is InChI=1S/C11H9ClFN3O/c12-8-5-7(1-2-9(8)13)10-6-16(4-3-14)11(17)15-10/h1-2,5,10H,4,6H2,(H,15,17). The van der Waals surface area contributed by atoms with Crippen molar-refractivity contribution >= 4 is 17.6 Å². The fourth-order valence-corrected chi connectivity index (χ4v) is 1.92. The Balaban J connectivity index is 2.17. The van der Waals surface area contributed by atoms with Gasteiger partial charge in [0.05, 0.1) is 17.1 Å². The third-order valence-electron chi connectivity index (χ3n) is 2.60. The number of nitrogens with zero attached hydrogens (tertiary/aromatic N) is 2. The van der Waals surface area contributed by atoms with Crippen LogP contribution in [-0.4, -0.2) is 24.0 Å². The molecule has 88 valence electrons. The molecule has 0 aromatic heterocycles. The van der Waals surface area contributed by atoms with Gasteiger partial charge in [0.1, 0.15) is 12.4 Å².